The molecule has 0 aromatic carbocycles. The molecule has 0 aromatic rings. The monoisotopic (exact) mass is 190 g/mol. The van der Waals surface area contributed by atoms with E-state index in [1.807, 2.05) is 13.8 Å². The molecule has 0 bridgehead atoms. The molecule has 1 rings (SSSR count). The molecule has 1 fully saturated rings. The summed E-state index contributed by atoms with van der Waals surface area (Å²) in [6.07, 6.45) is 4.00. The van der Waals surface area contributed by atoms with Crippen LogP contribution < -0.4 is 0 Å². The van der Waals surface area contributed by atoms with Gasteiger partial charge in [-0.3, -0.25) is 4.57 Å². The second kappa shape index (κ2) is 3.93. The van der Waals surface area contributed by atoms with Crippen LogP contribution in [-0.2, 0) is 9.09 Å². The van der Waals surface area contributed by atoms with E-state index < -0.39 is 7.37 Å². The van der Waals surface area contributed by atoms with Gasteiger partial charge >= 0.3 is 0 Å². The van der Waals surface area contributed by atoms with Crippen LogP contribution in [0.2, 0.25) is 0 Å². The second-order valence-corrected chi connectivity index (χ2v) is 6.77. The molecule has 1 heterocycles. The van der Waals surface area contributed by atoms with E-state index >= 15 is 0 Å². The van der Waals surface area contributed by atoms with Crippen LogP contribution in [0.1, 0.15) is 33.6 Å². The summed E-state index contributed by atoms with van der Waals surface area (Å²) in [7, 11) is -2.23. The Morgan fingerprint density at radius 1 is 1.50 bits per heavy atom. The first-order valence-electron chi connectivity index (χ1n) is 4.78. The van der Waals surface area contributed by atoms with Crippen molar-refractivity contribution in [1.82, 2.24) is 0 Å². The van der Waals surface area contributed by atoms with E-state index in [2.05, 4.69) is 6.92 Å². The molecule has 0 radical (unpaired) electrons. The summed E-state index contributed by atoms with van der Waals surface area (Å²) in [6.45, 7) is 6.08. The maximum atomic E-state index is 12.0. The summed E-state index contributed by atoms with van der Waals surface area (Å²) in [5.74, 6) is 0.586. The van der Waals surface area contributed by atoms with Crippen molar-refractivity contribution in [3.05, 3.63) is 0 Å². The number of hydrogen-bond donors (Lipinski definition) is 0. The molecule has 3 heteroatoms. The van der Waals surface area contributed by atoms with Gasteiger partial charge in [-0.05, 0) is 32.6 Å². The Morgan fingerprint density at radius 3 is 2.67 bits per heavy atom. The standard InChI is InChI=1S/C9H19O2P/c1-8(2)11-12(10)6-4-5-9(3)7-12/h8-9H,4-7H2,1-3H3. The molecule has 2 nitrogen and oxygen atoms in total. The first kappa shape index (κ1) is 10.3. The predicted octanol–water partition coefficient (Wildman–Crippen LogP) is 3.12. The van der Waals surface area contributed by atoms with E-state index in [1.54, 1.807) is 0 Å². The molecule has 1 aliphatic rings. The van der Waals surface area contributed by atoms with Gasteiger partial charge in [0, 0.05) is 12.3 Å². The van der Waals surface area contributed by atoms with Crippen molar-refractivity contribution in [3.8, 4) is 0 Å². The summed E-state index contributed by atoms with van der Waals surface area (Å²) >= 11 is 0. The molecule has 0 aliphatic carbocycles. The average molecular weight is 190 g/mol. The van der Waals surface area contributed by atoms with Gasteiger partial charge in [0.25, 0.3) is 0 Å². The van der Waals surface area contributed by atoms with Crippen molar-refractivity contribution in [2.75, 3.05) is 12.3 Å². The number of hydrogen-bond acceptors (Lipinski definition) is 2. The zero-order valence-electron chi connectivity index (χ0n) is 8.25. The zero-order chi connectivity index (χ0) is 9.19. The molecule has 1 aliphatic heterocycles. The van der Waals surface area contributed by atoms with Gasteiger partial charge in [-0.15, -0.1) is 0 Å². The van der Waals surface area contributed by atoms with Crippen molar-refractivity contribution in [2.24, 2.45) is 5.92 Å². The van der Waals surface area contributed by atoms with Gasteiger partial charge in [0.2, 0.25) is 7.37 Å². The first-order chi connectivity index (χ1) is 5.52. The van der Waals surface area contributed by atoms with E-state index in [4.69, 9.17) is 4.52 Å². The third kappa shape index (κ3) is 2.91. The molecular weight excluding hydrogens is 171 g/mol. The van der Waals surface area contributed by atoms with Crippen LogP contribution >= 0.6 is 7.37 Å². The fraction of sp³-hybridized carbons (Fsp3) is 1.00. The summed E-state index contributed by atoms with van der Waals surface area (Å²) in [5, 5.41) is 0. The predicted molar refractivity (Wildman–Crippen MR) is 52.0 cm³/mol. The van der Waals surface area contributed by atoms with Crippen LogP contribution in [0.3, 0.4) is 0 Å². The molecule has 2 unspecified atom stereocenters. The fourth-order valence-electron chi connectivity index (χ4n) is 1.82. The molecule has 0 N–H and O–H groups in total. The van der Waals surface area contributed by atoms with E-state index in [0.717, 1.165) is 18.7 Å². The lowest BCUT2D eigenvalue weighted by Gasteiger charge is -2.28. The lowest BCUT2D eigenvalue weighted by atomic mass is 10.1. The summed E-state index contributed by atoms with van der Waals surface area (Å²) in [5.41, 5.74) is 0. The quantitative estimate of drug-likeness (QED) is 0.625. The van der Waals surface area contributed by atoms with Crippen LogP contribution in [0.5, 0.6) is 0 Å². The topological polar surface area (TPSA) is 26.3 Å². The minimum absolute atomic E-state index is 0.112. The highest BCUT2D eigenvalue weighted by molar-refractivity contribution is 7.59. The van der Waals surface area contributed by atoms with Crippen molar-refractivity contribution in [1.29, 1.82) is 0 Å². The smallest absolute Gasteiger partial charge is 0.203 e. The van der Waals surface area contributed by atoms with Gasteiger partial charge in [-0.2, -0.15) is 0 Å². The van der Waals surface area contributed by atoms with Gasteiger partial charge in [-0.1, -0.05) is 6.92 Å². The lowest BCUT2D eigenvalue weighted by Crippen LogP contribution is -2.16. The Kier molecular flexibility index (Phi) is 3.37. The van der Waals surface area contributed by atoms with Gasteiger partial charge < -0.3 is 4.52 Å². The molecule has 0 spiro atoms. The van der Waals surface area contributed by atoms with E-state index in [1.165, 1.54) is 6.42 Å². The Bertz CT molecular complexity index is 183. The molecule has 2 atom stereocenters. The molecule has 0 saturated carbocycles. The van der Waals surface area contributed by atoms with Crippen LogP contribution in [0.25, 0.3) is 0 Å². The molecule has 12 heavy (non-hydrogen) atoms. The van der Waals surface area contributed by atoms with Crippen LogP contribution in [-0.4, -0.2) is 18.4 Å². The van der Waals surface area contributed by atoms with E-state index in [-0.39, 0.29) is 6.10 Å². The second-order valence-electron chi connectivity index (χ2n) is 4.12. The third-order valence-electron chi connectivity index (χ3n) is 2.19. The molecule has 0 aromatic heterocycles. The maximum absolute atomic E-state index is 12.0. The summed E-state index contributed by atoms with van der Waals surface area (Å²) in [4.78, 5) is 0. The van der Waals surface area contributed by atoms with Gasteiger partial charge in [0.1, 0.15) is 0 Å². The Hall–Kier alpha value is 0.190. The van der Waals surface area contributed by atoms with E-state index in [0.29, 0.717) is 5.92 Å². The Balaban J connectivity index is 2.52. The van der Waals surface area contributed by atoms with Crippen molar-refractivity contribution < 1.29 is 9.09 Å². The third-order valence-corrected chi connectivity index (χ3v) is 5.17. The highest BCUT2D eigenvalue weighted by Crippen LogP contribution is 2.53. The highest BCUT2D eigenvalue weighted by Gasteiger charge is 2.30. The van der Waals surface area contributed by atoms with Crippen LogP contribution in [0.15, 0.2) is 0 Å². The zero-order valence-corrected chi connectivity index (χ0v) is 9.14. The van der Waals surface area contributed by atoms with Crippen molar-refractivity contribution in [3.63, 3.8) is 0 Å². The Morgan fingerprint density at radius 2 is 2.17 bits per heavy atom. The van der Waals surface area contributed by atoms with Crippen molar-refractivity contribution >= 4 is 7.37 Å². The SMILES string of the molecule is CC1CCCP(=O)(OC(C)C)C1. The fourth-order valence-corrected chi connectivity index (χ4v) is 4.76. The molecule has 1 saturated heterocycles. The minimum atomic E-state index is -2.23. The largest absolute Gasteiger partial charge is 0.326 e. The van der Waals surface area contributed by atoms with Gasteiger partial charge in [0.05, 0.1) is 6.10 Å². The lowest BCUT2D eigenvalue weighted by molar-refractivity contribution is 0.236. The van der Waals surface area contributed by atoms with Crippen LogP contribution in [0.4, 0.5) is 0 Å². The van der Waals surface area contributed by atoms with Crippen molar-refractivity contribution in [2.45, 2.75) is 39.7 Å². The molecule has 0 amide bonds. The Labute approximate surface area is 75.1 Å². The minimum Gasteiger partial charge on any atom is -0.326 e. The first-order valence-corrected chi connectivity index (χ1v) is 6.78. The summed E-state index contributed by atoms with van der Waals surface area (Å²) < 4.78 is 17.5. The molecule has 72 valence electrons. The highest BCUT2D eigenvalue weighted by atomic mass is 31.2. The number of rotatable bonds is 2. The van der Waals surface area contributed by atoms with Crippen LogP contribution in [0, 0.1) is 5.92 Å². The normalized spacial score (nSPS) is 37.2. The maximum Gasteiger partial charge on any atom is 0.203 e. The van der Waals surface area contributed by atoms with E-state index in [9.17, 15) is 4.57 Å². The van der Waals surface area contributed by atoms with Gasteiger partial charge in [0.15, 0.2) is 0 Å². The summed E-state index contributed by atoms with van der Waals surface area (Å²) in [6, 6.07) is 0. The average Bonchev–Trinajstić information content (AvgIpc) is 1.82. The molecular formula is C9H19O2P. The van der Waals surface area contributed by atoms with Gasteiger partial charge in [-0.25, -0.2) is 0 Å².